The van der Waals surface area contributed by atoms with Crippen molar-refractivity contribution in [2.75, 3.05) is 45.9 Å². The summed E-state index contributed by atoms with van der Waals surface area (Å²) in [5.74, 6) is 0.134. The molecule has 6 nitrogen and oxygen atoms in total. The fourth-order valence-electron chi connectivity index (χ4n) is 5.03. The van der Waals surface area contributed by atoms with Gasteiger partial charge in [0.25, 0.3) is 0 Å². The van der Waals surface area contributed by atoms with Gasteiger partial charge in [-0.05, 0) is 54.1 Å². The van der Waals surface area contributed by atoms with E-state index in [9.17, 15) is 4.79 Å². The lowest BCUT2D eigenvalue weighted by atomic mass is 9.68. The van der Waals surface area contributed by atoms with Gasteiger partial charge < -0.3 is 15.0 Å². The first-order valence-corrected chi connectivity index (χ1v) is 11.5. The van der Waals surface area contributed by atoms with Crippen LogP contribution < -0.4 is 5.73 Å². The molecule has 1 unspecified atom stereocenters. The largest absolute Gasteiger partial charge is 0.379 e. The summed E-state index contributed by atoms with van der Waals surface area (Å²) in [7, 11) is 0. The van der Waals surface area contributed by atoms with Crippen LogP contribution in [0.5, 0.6) is 0 Å². The molecule has 0 spiro atoms. The van der Waals surface area contributed by atoms with Gasteiger partial charge in [-0.25, -0.2) is 0 Å². The van der Waals surface area contributed by atoms with Crippen LogP contribution in [0.3, 0.4) is 0 Å². The summed E-state index contributed by atoms with van der Waals surface area (Å²) in [5, 5.41) is 0. The van der Waals surface area contributed by atoms with Gasteiger partial charge in [0.15, 0.2) is 0 Å². The predicted molar refractivity (Wildman–Crippen MR) is 123 cm³/mol. The highest BCUT2D eigenvalue weighted by Crippen LogP contribution is 2.40. The lowest BCUT2D eigenvalue weighted by Gasteiger charge is -2.45. The van der Waals surface area contributed by atoms with Crippen molar-refractivity contribution in [1.82, 2.24) is 14.4 Å². The lowest BCUT2D eigenvalue weighted by Crippen LogP contribution is -2.47. The number of rotatable bonds is 7. The van der Waals surface area contributed by atoms with Crippen LogP contribution in [0.4, 0.5) is 0 Å². The van der Waals surface area contributed by atoms with E-state index in [4.69, 9.17) is 10.5 Å². The van der Waals surface area contributed by atoms with Crippen LogP contribution in [-0.2, 0) is 23.2 Å². The number of primary amides is 1. The normalized spacial score (nSPS) is 25.5. The third kappa shape index (κ3) is 5.03. The zero-order chi connectivity index (χ0) is 21.8. The van der Waals surface area contributed by atoms with Gasteiger partial charge in [0.2, 0.25) is 5.91 Å². The number of nitrogens with zero attached hydrogens (tertiary/aromatic N) is 3. The topological polar surface area (TPSA) is 63.7 Å². The minimum absolute atomic E-state index is 0.0558. The Kier molecular flexibility index (Phi) is 6.80. The van der Waals surface area contributed by atoms with Crippen LogP contribution in [0.25, 0.3) is 0 Å². The first-order chi connectivity index (χ1) is 15.0. The maximum atomic E-state index is 11.6. The molecule has 2 atom stereocenters. The van der Waals surface area contributed by atoms with Gasteiger partial charge in [-0.15, -0.1) is 0 Å². The Bertz CT molecular complexity index is 889. The number of nitrogens with two attached hydrogens (primary N) is 1. The summed E-state index contributed by atoms with van der Waals surface area (Å²) in [6, 6.07) is 12.3. The first-order valence-electron chi connectivity index (χ1n) is 11.5. The summed E-state index contributed by atoms with van der Waals surface area (Å²) in [5.41, 5.74) is 8.79. The molecule has 0 aliphatic carbocycles. The van der Waals surface area contributed by atoms with Crippen LogP contribution in [0.2, 0.25) is 0 Å². The maximum absolute atomic E-state index is 11.6. The monoisotopic (exact) mass is 424 g/mol. The Morgan fingerprint density at radius 1 is 1.13 bits per heavy atom. The molecule has 31 heavy (non-hydrogen) atoms. The Morgan fingerprint density at radius 2 is 1.94 bits per heavy atom. The number of amides is 1. The number of aromatic nitrogens is 1. The molecule has 0 saturated carbocycles. The van der Waals surface area contributed by atoms with Crippen molar-refractivity contribution >= 4 is 5.91 Å². The van der Waals surface area contributed by atoms with E-state index in [0.29, 0.717) is 11.5 Å². The van der Waals surface area contributed by atoms with Crippen molar-refractivity contribution in [3.05, 3.63) is 59.4 Å². The molecule has 2 aromatic rings. The molecule has 2 N–H and O–H groups in total. The zero-order valence-corrected chi connectivity index (χ0v) is 18.9. The zero-order valence-electron chi connectivity index (χ0n) is 18.9. The summed E-state index contributed by atoms with van der Waals surface area (Å²) >= 11 is 0. The first kappa shape index (κ1) is 22.1. The number of piperidine rings is 1. The third-order valence-corrected chi connectivity index (χ3v) is 7.44. The standard InChI is InChI=1S/C25H36N4O2/c1-20-18-28(10-8-25(20,2)22-6-3-5-21(17-22)24(26)30)19-23-7-4-9-29(23)12-11-27-13-15-31-16-14-27/h3-7,9,17,20H,8,10-16,18-19H2,1-2H3,(H2,26,30)/t20?,25-/m1/s1. The van der Waals surface area contributed by atoms with Gasteiger partial charge in [0.05, 0.1) is 13.2 Å². The van der Waals surface area contributed by atoms with Crippen LogP contribution >= 0.6 is 0 Å². The Morgan fingerprint density at radius 3 is 2.68 bits per heavy atom. The summed E-state index contributed by atoms with van der Waals surface area (Å²) < 4.78 is 7.87. The highest BCUT2D eigenvalue weighted by atomic mass is 16.5. The summed E-state index contributed by atoms with van der Waals surface area (Å²) in [6.07, 6.45) is 3.29. The van der Waals surface area contributed by atoms with Crippen molar-refractivity contribution in [3.8, 4) is 0 Å². The molecule has 1 aromatic heterocycles. The van der Waals surface area contributed by atoms with Crippen molar-refractivity contribution in [2.24, 2.45) is 11.7 Å². The highest BCUT2D eigenvalue weighted by molar-refractivity contribution is 5.92. The van der Waals surface area contributed by atoms with Gasteiger partial charge in [0.1, 0.15) is 0 Å². The number of carbonyl (C=O) groups is 1. The van der Waals surface area contributed by atoms with E-state index in [1.54, 1.807) is 6.07 Å². The van der Waals surface area contributed by atoms with Crippen LogP contribution in [0, 0.1) is 5.92 Å². The average molecular weight is 425 g/mol. The molecule has 2 saturated heterocycles. The molecule has 168 valence electrons. The van der Waals surface area contributed by atoms with Gasteiger partial charge in [-0.3, -0.25) is 14.6 Å². The Labute approximate surface area is 186 Å². The van der Waals surface area contributed by atoms with Crippen molar-refractivity contribution in [1.29, 1.82) is 0 Å². The number of ether oxygens (including phenoxy) is 1. The number of carbonyl (C=O) groups excluding carboxylic acids is 1. The lowest BCUT2D eigenvalue weighted by molar-refractivity contribution is 0.0361. The van der Waals surface area contributed by atoms with E-state index in [-0.39, 0.29) is 11.3 Å². The van der Waals surface area contributed by atoms with Crippen LogP contribution in [0.1, 0.15) is 41.9 Å². The Balaban J connectivity index is 1.37. The van der Waals surface area contributed by atoms with Gasteiger partial charge in [-0.2, -0.15) is 0 Å². The molecule has 4 rings (SSSR count). The molecule has 6 heteroatoms. The fraction of sp³-hybridized carbons (Fsp3) is 0.560. The molecule has 0 bridgehead atoms. The summed E-state index contributed by atoms with van der Waals surface area (Å²) in [6.45, 7) is 13.6. The van der Waals surface area contributed by atoms with Gasteiger partial charge >= 0.3 is 0 Å². The molecule has 2 aliphatic rings. The second-order valence-electron chi connectivity index (χ2n) is 9.40. The number of benzene rings is 1. The van der Waals surface area contributed by atoms with Crippen molar-refractivity contribution < 1.29 is 9.53 Å². The maximum Gasteiger partial charge on any atom is 0.248 e. The second-order valence-corrected chi connectivity index (χ2v) is 9.40. The molecule has 3 heterocycles. The molecular formula is C25H36N4O2. The van der Waals surface area contributed by atoms with E-state index >= 15 is 0 Å². The minimum Gasteiger partial charge on any atom is -0.379 e. The number of morpholine rings is 1. The van der Waals surface area contributed by atoms with E-state index in [1.807, 2.05) is 12.1 Å². The number of likely N-dealkylation sites (tertiary alicyclic amines) is 1. The summed E-state index contributed by atoms with van der Waals surface area (Å²) in [4.78, 5) is 16.7. The van der Waals surface area contributed by atoms with E-state index in [1.165, 1.54) is 11.3 Å². The number of hydrogen-bond acceptors (Lipinski definition) is 4. The second kappa shape index (κ2) is 9.55. The number of hydrogen-bond donors (Lipinski definition) is 1. The van der Waals surface area contributed by atoms with Crippen LogP contribution in [0.15, 0.2) is 42.6 Å². The van der Waals surface area contributed by atoms with Crippen molar-refractivity contribution in [2.45, 2.75) is 38.8 Å². The molecule has 1 amide bonds. The van der Waals surface area contributed by atoms with Gasteiger partial charge in [0, 0.05) is 56.7 Å². The minimum atomic E-state index is -0.353. The predicted octanol–water partition coefficient (Wildman–Crippen LogP) is 2.72. The Hall–Kier alpha value is -2.15. The molecular weight excluding hydrogens is 388 g/mol. The van der Waals surface area contributed by atoms with E-state index in [0.717, 1.165) is 65.4 Å². The van der Waals surface area contributed by atoms with E-state index < -0.39 is 0 Å². The molecule has 1 aromatic carbocycles. The van der Waals surface area contributed by atoms with Crippen LogP contribution in [-0.4, -0.2) is 66.2 Å². The average Bonchev–Trinajstić information content (AvgIpc) is 3.22. The SMILES string of the molecule is CC1CN(Cc2cccn2CCN2CCOCC2)CC[C@@]1(C)c1cccc(C(N)=O)c1. The molecule has 2 aliphatic heterocycles. The smallest absolute Gasteiger partial charge is 0.248 e. The highest BCUT2D eigenvalue weighted by Gasteiger charge is 2.38. The van der Waals surface area contributed by atoms with Crippen molar-refractivity contribution in [3.63, 3.8) is 0 Å². The quantitative estimate of drug-likeness (QED) is 0.742. The molecule has 2 fully saturated rings. The molecule has 0 radical (unpaired) electrons. The fourth-order valence-corrected chi connectivity index (χ4v) is 5.03. The third-order valence-electron chi connectivity index (χ3n) is 7.44. The van der Waals surface area contributed by atoms with E-state index in [2.05, 4.69) is 52.6 Å². The van der Waals surface area contributed by atoms with Gasteiger partial charge in [-0.1, -0.05) is 26.0 Å².